The Morgan fingerprint density at radius 3 is 2.39 bits per heavy atom. The lowest BCUT2D eigenvalue weighted by atomic mass is 9.85. The summed E-state index contributed by atoms with van der Waals surface area (Å²) in [6, 6.07) is 1.11. The maximum Gasteiger partial charge on any atom is 0.410 e. The summed E-state index contributed by atoms with van der Waals surface area (Å²) in [5.41, 5.74) is -1.12. The van der Waals surface area contributed by atoms with Gasteiger partial charge in [0.1, 0.15) is 5.60 Å². The zero-order valence-corrected chi connectivity index (χ0v) is 14.6. The van der Waals surface area contributed by atoms with Gasteiger partial charge in [0.25, 0.3) is 0 Å². The van der Waals surface area contributed by atoms with E-state index in [1.807, 2.05) is 20.8 Å². The summed E-state index contributed by atoms with van der Waals surface area (Å²) >= 11 is 0. The van der Waals surface area contributed by atoms with Gasteiger partial charge in [-0.1, -0.05) is 0 Å². The van der Waals surface area contributed by atoms with Crippen LogP contribution in [-0.2, 0) is 9.47 Å². The molecule has 0 aliphatic carbocycles. The number of piperidine rings is 1. The summed E-state index contributed by atoms with van der Waals surface area (Å²) in [5, 5.41) is 10.8. The number of aliphatic hydroxyl groups is 1. The number of fused-ring (bicyclic) bond motifs is 2. The molecule has 3 aliphatic heterocycles. The Bertz CT molecular complexity index is 426. The number of hydrogen-bond donors (Lipinski definition) is 1. The van der Waals surface area contributed by atoms with Crippen LogP contribution in [0.5, 0.6) is 0 Å². The maximum absolute atomic E-state index is 12.1. The second-order valence-electron chi connectivity index (χ2n) is 8.26. The van der Waals surface area contributed by atoms with E-state index in [0.717, 1.165) is 26.2 Å². The number of nitrogens with zero attached hydrogens (tertiary/aromatic N) is 2. The van der Waals surface area contributed by atoms with Gasteiger partial charge in [-0.25, -0.2) is 4.79 Å². The minimum Gasteiger partial charge on any atom is -0.444 e. The van der Waals surface area contributed by atoms with Crippen molar-refractivity contribution in [3.05, 3.63) is 0 Å². The van der Waals surface area contributed by atoms with Gasteiger partial charge in [0.2, 0.25) is 0 Å². The predicted molar refractivity (Wildman–Crippen MR) is 86.3 cm³/mol. The minimum atomic E-state index is -0.650. The number of carbonyl (C=O) groups is 1. The molecule has 0 saturated carbocycles. The number of likely N-dealkylation sites (tertiary alicyclic amines) is 1. The Morgan fingerprint density at radius 2 is 1.87 bits per heavy atom. The second kappa shape index (κ2) is 6.22. The number of morpholine rings is 1. The number of amides is 1. The summed E-state index contributed by atoms with van der Waals surface area (Å²) in [6.07, 6.45) is 3.01. The van der Waals surface area contributed by atoms with Gasteiger partial charge in [0.05, 0.1) is 18.8 Å². The first-order chi connectivity index (χ1) is 10.8. The van der Waals surface area contributed by atoms with E-state index in [4.69, 9.17) is 9.47 Å². The summed E-state index contributed by atoms with van der Waals surface area (Å²) in [5.74, 6) is 0. The minimum absolute atomic E-state index is 0.269. The fourth-order valence-corrected chi connectivity index (χ4v) is 3.80. The average Bonchev–Trinajstić information content (AvgIpc) is 2.46. The van der Waals surface area contributed by atoms with Crippen molar-refractivity contribution in [1.82, 2.24) is 9.80 Å². The zero-order chi connectivity index (χ0) is 16.7. The summed E-state index contributed by atoms with van der Waals surface area (Å²) in [7, 11) is 0. The van der Waals surface area contributed by atoms with Crippen LogP contribution in [0.1, 0.15) is 46.5 Å². The van der Waals surface area contributed by atoms with E-state index in [9.17, 15) is 9.90 Å². The topological polar surface area (TPSA) is 62.2 Å². The Kier molecular flexibility index (Phi) is 4.60. The SMILES string of the molecule is CC(C)(C)OC(=O)N1CCC(O)(CCN2C3COCC2C3)CC1. The standard InChI is InChI=1S/C17H30N2O4/c1-16(2,3)23-15(20)18-7-4-17(21,5-8-18)6-9-19-13-10-14(19)12-22-11-13/h13-14,21H,4-12H2,1-3H3. The molecule has 23 heavy (non-hydrogen) atoms. The molecule has 1 N–H and O–H groups in total. The Morgan fingerprint density at radius 1 is 1.26 bits per heavy atom. The molecule has 0 aromatic rings. The quantitative estimate of drug-likeness (QED) is 0.854. The van der Waals surface area contributed by atoms with Crippen molar-refractivity contribution in [2.45, 2.75) is 69.7 Å². The van der Waals surface area contributed by atoms with E-state index >= 15 is 0 Å². The van der Waals surface area contributed by atoms with Crippen LogP contribution < -0.4 is 0 Å². The molecule has 0 aromatic carbocycles. The zero-order valence-electron chi connectivity index (χ0n) is 14.6. The molecule has 0 aromatic heterocycles. The van der Waals surface area contributed by atoms with Gasteiger partial charge in [-0.2, -0.15) is 0 Å². The van der Waals surface area contributed by atoms with E-state index in [-0.39, 0.29) is 6.09 Å². The molecule has 2 unspecified atom stereocenters. The number of hydrogen-bond acceptors (Lipinski definition) is 5. The van der Waals surface area contributed by atoms with Crippen LogP contribution in [0.15, 0.2) is 0 Å². The van der Waals surface area contributed by atoms with Crippen LogP contribution in [0.3, 0.4) is 0 Å². The summed E-state index contributed by atoms with van der Waals surface area (Å²) in [4.78, 5) is 16.3. The van der Waals surface area contributed by atoms with Gasteiger partial charge < -0.3 is 19.5 Å². The molecule has 1 amide bonds. The highest BCUT2D eigenvalue weighted by molar-refractivity contribution is 5.68. The lowest BCUT2D eigenvalue weighted by Gasteiger charge is -2.53. The highest BCUT2D eigenvalue weighted by Gasteiger charge is 2.43. The largest absolute Gasteiger partial charge is 0.444 e. The molecule has 132 valence electrons. The van der Waals surface area contributed by atoms with E-state index in [0.29, 0.717) is 38.0 Å². The van der Waals surface area contributed by atoms with Crippen molar-refractivity contribution in [3.63, 3.8) is 0 Å². The van der Waals surface area contributed by atoms with Crippen molar-refractivity contribution in [2.75, 3.05) is 32.8 Å². The molecule has 6 heteroatoms. The Balaban J connectivity index is 1.43. The first kappa shape index (κ1) is 17.0. The van der Waals surface area contributed by atoms with Crippen LogP contribution in [0, 0.1) is 0 Å². The number of ether oxygens (including phenoxy) is 2. The molecule has 0 radical (unpaired) electrons. The van der Waals surface area contributed by atoms with Gasteiger partial charge in [0.15, 0.2) is 0 Å². The van der Waals surface area contributed by atoms with Gasteiger partial charge in [-0.05, 0) is 46.5 Å². The predicted octanol–water partition coefficient (Wildman–Crippen LogP) is 1.61. The molecule has 3 fully saturated rings. The maximum atomic E-state index is 12.1. The molecule has 6 nitrogen and oxygen atoms in total. The number of rotatable bonds is 3. The van der Waals surface area contributed by atoms with Crippen LogP contribution in [0.2, 0.25) is 0 Å². The fourth-order valence-electron chi connectivity index (χ4n) is 3.80. The Hall–Kier alpha value is -0.850. The molecule has 2 atom stereocenters. The van der Waals surface area contributed by atoms with Gasteiger partial charge >= 0.3 is 6.09 Å². The van der Waals surface area contributed by atoms with Crippen molar-refractivity contribution < 1.29 is 19.4 Å². The van der Waals surface area contributed by atoms with Crippen molar-refractivity contribution >= 4 is 6.09 Å². The lowest BCUT2D eigenvalue weighted by molar-refractivity contribution is -0.136. The van der Waals surface area contributed by atoms with Gasteiger partial charge in [-0.3, -0.25) is 4.90 Å². The fraction of sp³-hybridized carbons (Fsp3) is 0.941. The van der Waals surface area contributed by atoms with Crippen LogP contribution in [0.4, 0.5) is 4.79 Å². The molecule has 3 rings (SSSR count). The van der Waals surface area contributed by atoms with Gasteiger partial charge in [-0.15, -0.1) is 0 Å². The summed E-state index contributed by atoms with van der Waals surface area (Å²) in [6.45, 7) is 9.36. The molecule has 3 heterocycles. The second-order valence-corrected chi connectivity index (χ2v) is 8.26. The molecule has 0 spiro atoms. The molecule has 3 aliphatic rings. The lowest BCUT2D eigenvalue weighted by Crippen LogP contribution is -2.64. The Labute approximate surface area is 138 Å². The molecular formula is C17H30N2O4. The van der Waals surface area contributed by atoms with Crippen molar-refractivity contribution in [1.29, 1.82) is 0 Å². The van der Waals surface area contributed by atoms with Crippen molar-refractivity contribution in [3.8, 4) is 0 Å². The summed E-state index contributed by atoms with van der Waals surface area (Å²) < 4.78 is 10.9. The third-order valence-corrected chi connectivity index (χ3v) is 5.28. The smallest absolute Gasteiger partial charge is 0.410 e. The molecular weight excluding hydrogens is 296 g/mol. The van der Waals surface area contributed by atoms with E-state index in [1.165, 1.54) is 6.42 Å². The van der Waals surface area contributed by atoms with E-state index in [1.54, 1.807) is 4.90 Å². The van der Waals surface area contributed by atoms with Crippen LogP contribution >= 0.6 is 0 Å². The van der Waals surface area contributed by atoms with Crippen molar-refractivity contribution in [2.24, 2.45) is 0 Å². The molecule has 3 saturated heterocycles. The van der Waals surface area contributed by atoms with Gasteiger partial charge in [0, 0.05) is 31.7 Å². The highest BCUT2D eigenvalue weighted by Crippen LogP contribution is 2.33. The monoisotopic (exact) mass is 326 g/mol. The van der Waals surface area contributed by atoms with Crippen LogP contribution in [0.25, 0.3) is 0 Å². The third-order valence-electron chi connectivity index (χ3n) is 5.28. The van der Waals surface area contributed by atoms with E-state index in [2.05, 4.69) is 4.90 Å². The average molecular weight is 326 g/mol. The van der Waals surface area contributed by atoms with E-state index < -0.39 is 11.2 Å². The first-order valence-corrected chi connectivity index (χ1v) is 8.80. The highest BCUT2D eigenvalue weighted by atomic mass is 16.6. The first-order valence-electron chi connectivity index (χ1n) is 8.80. The third kappa shape index (κ3) is 3.98. The van der Waals surface area contributed by atoms with Crippen LogP contribution in [-0.4, -0.2) is 77.1 Å². The normalized spacial score (nSPS) is 30.7. The number of carbonyl (C=O) groups excluding carboxylic acids is 1. The molecule has 2 bridgehead atoms.